The molecule has 0 unspecified atom stereocenters. The Morgan fingerprint density at radius 3 is 2.78 bits per heavy atom. The number of morpholine rings is 1. The van der Waals surface area contributed by atoms with Gasteiger partial charge in [0.25, 0.3) is 5.56 Å². The molecule has 3 saturated carbocycles. The minimum absolute atomic E-state index is 0.0230. The number of fused-ring (bicyclic) bond motifs is 2. The van der Waals surface area contributed by atoms with Crippen molar-refractivity contribution in [3.05, 3.63) is 44.9 Å². The number of Topliss-reactive ketones (excluding diaryl/α,β-unsaturated/α-hetero) is 1. The van der Waals surface area contributed by atoms with E-state index in [1.807, 2.05) is 12.1 Å². The lowest BCUT2D eigenvalue weighted by atomic mass is 9.45. The van der Waals surface area contributed by atoms with Gasteiger partial charge in [0.05, 0.1) is 25.1 Å². The van der Waals surface area contributed by atoms with Gasteiger partial charge >= 0.3 is 0 Å². The van der Waals surface area contributed by atoms with Crippen LogP contribution in [0.2, 0.25) is 0 Å². The fraction of sp³-hybridized carbons (Fsp3) is 0.630. The first kappa shape index (κ1) is 25.4. The summed E-state index contributed by atoms with van der Waals surface area (Å²) in [5.74, 6) is 2.87. The molecular weight excluding hydrogens is 522 g/mol. The lowest BCUT2D eigenvalue weighted by Gasteiger charge is -2.62. The lowest BCUT2D eigenvalue weighted by molar-refractivity contribution is -0.119. The first-order valence-electron chi connectivity index (χ1n) is 13.1. The number of halogens is 1. The van der Waals surface area contributed by atoms with E-state index in [-0.39, 0.29) is 17.9 Å². The van der Waals surface area contributed by atoms with E-state index in [0.717, 1.165) is 36.8 Å². The van der Waals surface area contributed by atoms with Gasteiger partial charge in [-0.1, -0.05) is 20.8 Å². The van der Waals surface area contributed by atoms with Crippen molar-refractivity contribution in [3.63, 3.8) is 0 Å². The highest BCUT2D eigenvalue weighted by atomic mass is 79.9. The van der Waals surface area contributed by atoms with Crippen molar-refractivity contribution in [3.8, 4) is 0 Å². The number of anilines is 2. The smallest absolute Gasteiger partial charge is 0.283 e. The fourth-order valence-corrected chi connectivity index (χ4v) is 6.75. The second-order valence-corrected chi connectivity index (χ2v) is 12.0. The van der Waals surface area contributed by atoms with E-state index >= 15 is 0 Å². The molecular formula is C27H36BrN5O3. The summed E-state index contributed by atoms with van der Waals surface area (Å²) in [5.41, 5.74) is 1.91. The summed E-state index contributed by atoms with van der Waals surface area (Å²) in [6, 6.07) is 4.31. The lowest BCUT2D eigenvalue weighted by Crippen LogP contribution is -2.58. The molecule has 1 aliphatic heterocycles. The predicted molar refractivity (Wildman–Crippen MR) is 143 cm³/mol. The normalized spacial score (nSPS) is 26.8. The molecule has 3 heterocycles. The van der Waals surface area contributed by atoms with Gasteiger partial charge in [0.2, 0.25) is 0 Å². The van der Waals surface area contributed by atoms with Gasteiger partial charge in [-0.3, -0.25) is 9.59 Å². The van der Waals surface area contributed by atoms with E-state index < -0.39 is 0 Å². The van der Waals surface area contributed by atoms with Gasteiger partial charge in [0.1, 0.15) is 16.8 Å². The summed E-state index contributed by atoms with van der Waals surface area (Å²) in [6.45, 7) is 10.1. The minimum atomic E-state index is -0.277. The van der Waals surface area contributed by atoms with E-state index in [9.17, 15) is 9.59 Å². The Kier molecular flexibility index (Phi) is 7.23. The molecule has 4 aliphatic rings. The molecule has 9 heteroatoms. The zero-order valence-electron chi connectivity index (χ0n) is 21.4. The Morgan fingerprint density at radius 1 is 1.28 bits per heavy atom. The molecule has 1 N–H and O–H groups in total. The van der Waals surface area contributed by atoms with Crippen LogP contribution in [0, 0.1) is 23.2 Å². The van der Waals surface area contributed by atoms with Gasteiger partial charge in [-0.05, 0) is 76.1 Å². The minimum Gasteiger partial charge on any atom is -0.380 e. The average Bonchev–Trinajstić information content (AvgIpc) is 2.88. The van der Waals surface area contributed by atoms with Crippen molar-refractivity contribution in [2.45, 2.75) is 59.0 Å². The number of carbonyl (C=O) groups excluding carboxylic acids is 1. The Labute approximate surface area is 220 Å². The number of aryl methyl sites for hydroxylation is 1. The molecule has 1 saturated heterocycles. The van der Waals surface area contributed by atoms with Crippen LogP contribution in [0.4, 0.5) is 11.5 Å². The number of ether oxygens (including phenoxy) is 1. The molecule has 8 nitrogen and oxygen atoms in total. The topological polar surface area (TPSA) is 89.3 Å². The van der Waals surface area contributed by atoms with E-state index in [1.165, 1.54) is 11.1 Å². The number of hydrogen-bond donors (Lipinski definition) is 1. The van der Waals surface area contributed by atoms with Crippen LogP contribution in [0.1, 0.15) is 45.6 Å². The van der Waals surface area contributed by atoms with Crippen LogP contribution in [0.25, 0.3) is 0 Å². The van der Waals surface area contributed by atoms with E-state index in [2.05, 4.69) is 57.0 Å². The number of nitrogens with zero attached hydrogens (tertiary/aromatic N) is 4. The number of hydrogen-bond acceptors (Lipinski definition) is 7. The summed E-state index contributed by atoms with van der Waals surface area (Å²) in [4.78, 5) is 32.3. The Balaban J connectivity index is 1.17. The van der Waals surface area contributed by atoms with E-state index in [4.69, 9.17) is 4.74 Å². The molecule has 4 atom stereocenters. The van der Waals surface area contributed by atoms with Crippen molar-refractivity contribution < 1.29 is 9.53 Å². The van der Waals surface area contributed by atoms with Crippen molar-refractivity contribution in [1.82, 2.24) is 14.8 Å². The highest BCUT2D eigenvalue weighted by Crippen LogP contribution is 2.61. The maximum absolute atomic E-state index is 13.0. The van der Waals surface area contributed by atoms with Gasteiger partial charge in [0.15, 0.2) is 5.78 Å². The third-order valence-electron chi connectivity index (χ3n) is 8.84. The maximum Gasteiger partial charge on any atom is 0.283 e. The summed E-state index contributed by atoms with van der Waals surface area (Å²) < 4.78 is 7.12. The number of ketones is 1. The molecule has 2 bridgehead atoms. The van der Waals surface area contributed by atoms with Gasteiger partial charge in [-0.2, -0.15) is 5.10 Å². The fourth-order valence-electron chi connectivity index (χ4n) is 6.33. The number of pyridine rings is 1. The number of rotatable bonds is 8. The molecule has 0 amide bonds. The first-order valence-corrected chi connectivity index (χ1v) is 13.8. The molecule has 2 aromatic rings. The Bertz CT molecular complexity index is 1180. The number of carbonyl (C=O) groups is 1. The van der Waals surface area contributed by atoms with Crippen LogP contribution in [0.15, 0.2) is 33.8 Å². The second kappa shape index (κ2) is 10.2. The van der Waals surface area contributed by atoms with Crippen LogP contribution in [0.5, 0.6) is 0 Å². The molecule has 4 fully saturated rings. The standard InChI is InChI=1S/C27H36BrN5O3/c1-17-21-13-19(27(21,2)3)14-22(17)31-23-15-30-33(26(35)25(23)28)16-20(34)5-4-18-6-7-29-24(12-18)32-8-10-36-11-9-32/h6-7,12,15,17,19,21-22,31H,4-5,8-11,13-14,16H2,1-3H3/t17-,19+,21-,22-/m1/s1. The maximum atomic E-state index is 13.0. The molecule has 2 aromatic heterocycles. The molecule has 36 heavy (non-hydrogen) atoms. The molecule has 0 radical (unpaired) electrons. The van der Waals surface area contributed by atoms with Gasteiger partial charge in [0, 0.05) is 31.7 Å². The molecule has 0 spiro atoms. The Morgan fingerprint density at radius 2 is 2.06 bits per heavy atom. The van der Waals surface area contributed by atoms with Crippen LogP contribution in [0.3, 0.4) is 0 Å². The zero-order valence-corrected chi connectivity index (χ0v) is 23.0. The molecule has 194 valence electrons. The number of nitrogens with one attached hydrogen (secondary N) is 1. The highest BCUT2D eigenvalue weighted by molar-refractivity contribution is 9.10. The quantitative estimate of drug-likeness (QED) is 0.526. The van der Waals surface area contributed by atoms with Gasteiger partial charge in [-0.15, -0.1) is 0 Å². The van der Waals surface area contributed by atoms with Gasteiger partial charge < -0.3 is 15.0 Å². The second-order valence-electron chi connectivity index (χ2n) is 11.2. The summed E-state index contributed by atoms with van der Waals surface area (Å²) >= 11 is 3.47. The number of aromatic nitrogens is 3. The Hall–Kier alpha value is -2.26. The molecule has 3 aliphatic carbocycles. The van der Waals surface area contributed by atoms with Crippen LogP contribution < -0.4 is 15.8 Å². The predicted octanol–water partition coefficient (Wildman–Crippen LogP) is 3.92. The molecule has 6 rings (SSSR count). The summed E-state index contributed by atoms with van der Waals surface area (Å²) in [5, 5.41) is 7.89. The van der Waals surface area contributed by atoms with Gasteiger partial charge in [-0.25, -0.2) is 9.67 Å². The van der Waals surface area contributed by atoms with Crippen LogP contribution in [-0.2, 0) is 22.5 Å². The third kappa shape index (κ3) is 4.96. The zero-order chi connectivity index (χ0) is 25.4. The van der Waals surface area contributed by atoms with Crippen LogP contribution in [-0.4, -0.2) is 52.9 Å². The van der Waals surface area contributed by atoms with Crippen molar-refractivity contribution in [2.75, 3.05) is 36.5 Å². The average molecular weight is 559 g/mol. The van der Waals surface area contributed by atoms with Crippen LogP contribution >= 0.6 is 15.9 Å². The van der Waals surface area contributed by atoms with E-state index in [1.54, 1.807) is 12.4 Å². The third-order valence-corrected chi connectivity index (χ3v) is 9.61. The van der Waals surface area contributed by atoms with E-state index in [0.29, 0.717) is 59.5 Å². The van der Waals surface area contributed by atoms with Crippen molar-refractivity contribution >= 4 is 33.2 Å². The summed E-state index contributed by atoms with van der Waals surface area (Å²) in [6.07, 6.45) is 6.83. The first-order chi connectivity index (χ1) is 17.2. The molecule has 0 aromatic carbocycles. The monoisotopic (exact) mass is 557 g/mol. The SMILES string of the molecule is C[C@@H]1[C@H]2C[C@@H](C[C@H]1Nc1cnn(CC(=O)CCc3ccnc(N4CCOCC4)c3)c(=O)c1Br)C2(C)C. The summed E-state index contributed by atoms with van der Waals surface area (Å²) in [7, 11) is 0. The van der Waals surface area contributed by atoms with Crippen molar-refractivity contribution in [1.29, 1.82) is 0 Å². The highest BCUT2D eigenvalue weighted by Gasteiger charge is 2.56. The van der Waals surface area contributed by atoms with Crippen molar-refractivity contribution in [2.24, 2.45) is 23.2 Å². The largest absolute Gasteiger partial charge is 0.380 e.